The van der Waals surface area contributed by atoms with Gasteiger partial charge in [0, 0.05) is 16.3 Å². The Labute approximate surface area is 145 Å². The normalized spacial score (nSPS) is 10.4. The lowest BCUT2D eigenvalue weighted by Crippen LogP contribution is -1.95. The molecule has 0 unspecified atom stereocenters. The van der Waals surface area contributed by atoms with E-state index in [4.69, 9.17) is 10.00 Å². The fourth-order valence-corrected chi connectivity index (χ4v) is 2.67. The molecule has 0 aliphatic rings. The molecule has 118 valence electrons. The Hall–Kier alpha value is -3.71. The number of ether oxygens (including phenoxy) is 1. The molecule has 0 radical (unpaired) electrons. The molecule has 0 fully saturated rings. The molecule has 4 rings (SSSR count). The van der Waals surface area contributed by atoms with Crippen molar-refractivity contribution in [3.63, 3.8) is 0 Å². The largest absolute Gasteiger partial charge is 0.437 e. The van der Waals surface area contributed by atoms with Crippen LogP contribution in [0.15, 0.2) is 78.9 Å². The molecule has 0 aliphatic carbocycles. The van der Waals surface area contributed by atoms with Crippen molar-refractivity contribution >= 4 is 10.8 Å². The Bertz CT molecular complexity index is 1070. The highest BCUT2D eigenvalue weighted by atomic mass is 16.5. The second-order valence-corrected chi connectivity index (χ2v) is 5.50. The van der Waals surface area contributed by atoms with E-state index in [0.717, 1.165) is 22.0 Å². The highest BCUT2D eigenvalue weighted by Crippen LogP contribution is 2.32. The highest BCUT2D eigenvalue weighted by molar-refractivity contribution is 5.96. The third-order valence-corrected chi connectivity index (χ3v) is 3.90. The van der Waals surface area contributed by atoms with Gasteiger partial charge in [-0.25, -0.2) is 0 Å². The number of hydrogen-bond acceptors (Lipinski definition) is 4. The van der Waals surface area contributed by atoms with Crippen molar-refractivity contribution in [2.24, 2.45) is 0 Å². The first-order valence-electron chi connectivity index (χ1n) is 7.84. The van der Waals surface area contributed by atoms with Crippen LogP contribution >= 0.6 is 0 Å². The lowest BCUT2D eigenvalue weighted by atomic mass is 10.1. The van der Waals surface area contributed by atoms with Gasteiger partial charge in [0.25, 0.3) is 0 Å². The van der Waals surface area contributed by atoms with Gasteiger partial charge in [0.1, 0.15) is 11.4 Å². The lowest BCUT2D eigenvalue weighted by molar-refractivity contribution is 0.462. The number of nitriles is 1. The number of fused-ring (bicyclic) bond motifs is 1. The SMILES string of the molecule is N#Cc1ccc(Oc2nnc(-c3ccccc3)c3ccccc23)cc1. The van der Waals surface area contributed by atoms with E-state index >= 15 is 0 Å². The third-order valence-electron chi connectivity index (χ3n) is 3.90. The Morgan fingerprint density at radius 2 is 1.40 bits per heavy atom. The minimum absolute atomic E-state index is 0.444. The van der Waals surface area contributed by atoms with Crippen LogP contribution in [-0.2, 0) is 0 Å². The molecule has 0 saturated heterocycles. The summed E-state index contributed by atoms with van der Waals surface area (Å²) in [4.78, 5) is 0. The molecule has 0 amide bonds. The molecule has 0 spiro atoms. The summed E-state index contributed by atoms with van der Waals surface area (Å²) in [6.45, 7) is 0. The van der Waals surface area contributed by atoms with Gasteiger partial charge in [-0.3, -0.25) is 0 Å². The summed E-state index contributed by atoms with van der Waals surface area (Å²) in [7, 11) is 0. The average Bonchev–Trinajstić information content (AvgIpc) is 2.69. The maximum Gasteiger partial charge on any atom is 0.246 e. The Balaban J connectivity index is 1.79. The van der Waals surface area contributed by atoms with Gasteiger partial charge >= 0.3 is 0 Å². The topological polar surface area (TPSA) is 58.8 Å². The summed E-state index contributed by atoms with van der Waals surface area (Å²) in [6, 6.07) is 26.9. The molecule has 4 heteroatoms. The molecular formula is C21H13N3O. The number of nitrogens with zero attached hydrogens (tertiary/aromatic N) is 3. The second-order valence-electron chi connectivity index (χ2n) is 5.50. The fraction of sp³-hybridized carbons (Fsp3) is 0. The number of hydrogen-bond donors (Lipinski definition) is 0. The van der Waals surface area contributed by atoms with Crippen molar-refractivity contribution in [2.75, 3.05) is 0 Å². The first kappa shape index (κ1) is 14.9. The molecule has 4 nitrogen and oxygen atoms in total. The van der Waals surface area contributed by atoms with E-state index in [9.17, 15) is 0 Å². The van der Waals surface area contributed by atoms with Crippen LogP contribution in [0.4, 0.5) is 0 Å². The van der Waals surface area contributed by atoms with E-state index in [-0.39, 0.29) is 0 Å². The van der Waals surface area contributed by atoms with Crippen LogP contribution in [0.5, 0.6) is 11.6 Å². The highest BCUT2D eigenvalue weighted by Gasteiger charge is 2.12. The predicted octanol–water partition coefficient (Wildman–Crippen LogP) is 4.96. The quantitative estimate of drug-likeness (QED) is 0.534. The van der Waals surface area contributed by atoms with Crippen LogP contribution in [0.2, 0.25) is 0 Å². The van der Waals surface area contributed by atoms with E-state index in [2.05, 4.69) is 16.3 Å². The molecule has 0 aliphatic heterocycles. The molecule has 4 aromatic rings. The van der Waals surface area contributed by atoms with Gasteiger partial charge in [-0.1, -0.05) is 48.5 Å². The molecule has 25 heavy (non-hydrogen) atoms. The zero-order chi connectivity index (χ0) is 17.1. The Morgan fingerprint density at radius 1 is 0.720 bits per heavy atom. The van der Waals surface area contributed by atoms with E-state index in [1.807, 2.05) is 54.6 Å². The van der Waals surface area contributed by atoms with Crippen LogP contribution in [0, 0.1) is 11.3 Å². The van der Waals surface area contributed by atoms with Crippen molar-refractivity contribution < 1.29 is 4.74 Å². The summed E-state index contributed by atoms with van der Waals surface area (Å²) >= 11 is 0. The Morgan fingerprint density at radius 3 is 2.12 bits per heavy atom. The van der Waals surface area contributed by atoms with Crippen LogP contribution in [-0.4, -0.2) is 10.2 Å². The molecule has 3 aromatic carbocycles. The molecule has 1 aromatic heterocycles. The van der Waals surface area contributed by atoms with Gasteiger partial charge in [0.05, 0.1) is 11.6 Å². The summed E-state index contributed by atoms with van der Waals surface area (Å²) in [6.07, 6.45) is 0. The lowest BCUT2D eigenvalue weighted by Gasteiger charge is -2.10. The summed E-state index contributed by atoms with van der Waals surface area (Å²) in [5.74, 6) is 1.06. The first-order valence-corrected chi connectivity index (χ1v) is 7.84. The molecule has 1 heterocycles. The average molecular weight is 323 g/mol. The zero-order valence-electron chi connectivity index (χ0n) is 13.3. The van der Waals surface area contributed by atoms with Gasteiger partial charge in [0.2, 0.25) is 5.88 Å². The number of benzene rings is 3. The van der Waals surface area contributed by atoms with Crippen LogP contribution in [0.3, 0.4) is 0 Å². The van der Waals surface area contributed by atoms with E-state index < -0.39 is 0 Å². The van der Waals surface area contributed by atoms with Crippen molar-refractivity contribution in [2.45, 2.75) is 0 Å². The van der Waals surface area contributed by atoms with Gasteiger partial charge in [-0.15, -0.1) is 10.2 Å². The van der Waals surface area contributed by atoms with Crippen molar-refractivity contribution in [1.29, 1.82) is 5.26 Å². The standard InChI is InChI=1S/C21H13N3O/c22-14-15-10-12-17(13-11-15)25-21-19-9-5-4-8-18(19)20(23-24-21)16-6-2-1-3-7-16/h1-13H. The Kier molecular flexibility index (Phi) is 3.82. The number of aromatic nitrogens is 2. The minimum Gasteiger partial charge on any atom is -0.437 e. The maximum atomic E-state index is 8.89. The monoisotopic (exact) mass is 323 g/mol. The van der Waals surface area contributed by atoms with Crippen molar-refractivity contribution in [3.8, 4) is 29.0 Å². The smallest absolute Gasteiger partial charge is 0.246 e. The van der Waals surface area contributed by atoms with E-state index in [0.29, 0.717) is 17.2 Å². The first-order chi connectivity index (χ1) is 12.3. The maximum absolute atomic E-state index is 8.89. The molecule has 0 atom stereocenters. The van der Waals surface area contributed by atoms with Crippen molar-refractivity contribution in [3.05, 3.63) is 84.4 Å². The van der Waals surface area contributed by atoms with Gasteiger partial charge in [-0.2, -0.15) is 5.26 Å². The zero-order valence-corrected chi connectivity index (χ0v) is 13.3. The number of rotatable bonds is 3. The molecular weight excluding hydrogens is 310 g/mol. The molecule has 0 saturated carbocycles. The second kappa shape index (κ2) is 6.42. The molecule has 0 N–H and O–H groups in total. The summed E-state index contributed by atoms with van der Waals surface area (Å²) in [5, 5.41) is 19.4. The van der Waals surface area contributed by atoms with E-state index in [1.165, 1.54) is 0 Å². The predicted molar refractivity (Wildman–Crippen MR) is 96.2 cm³/mol. The van der Waals surface area contributed by atoms with Crippen LogP contribution in [0.1, 0.15) is 5.56 Å². The minimum atomic E-state index is 0.444. The van der Waals surface area contributed by atoms with E-state index in [1.54, 1.807) is 24.3 Å². The van der Waals surface area contributed by atoms with Gasteiger partial charge in [-0.05, 0) is 30.3 Å². The van der Waals surface area contributed by atoms with Crippen LogP contribution in [0.25, 0.3) is 22.0 Å². The van der Waals surface area contributed by atoms with Gasteiger partial charge in [0.15, 0.2) is 0 Å². The summed E-state index contributed by atoms with van der Waals surface area (Å²) in [5.41, 5.74) is 2.42. The van der Waals surface area contributed by atoms with Crippen LogP contribution < -0.4 is 4.74 Å². The molecule has 0 bridgehead atoms. The third kappa shape index (κ3) is 2.91. The van der Waals surface area contributed by atoms with Gasteiger partial charge < -0.3 is 4.74 Å². The fourth-order valence-electron chi connectivity index (χ4n) is 2.67. The summed E-state index contributed by atoms with van der Waals surface area (Å²) < 4.78 is 5.90. The van der Waals surface area contributed by atoms with Crippen molar-refractivity contribution in [1.82, 2.24) is 10.2 Å².